The summed E-state index contributed by atoms with van der Waals surface area (Å²) in [6, 6.07) is 46.2. The van der Waals surface area contributed by atoms with E-state index in [0.717, 1.165) is 76.9 Å². The molecule has 0 atom stereocenters. The number of para-hydroxylation sites is 1. The monoisotopic (exact) mass is 577 g/mol. The van der Waals surface area contributed by atoms with Crippen molar-refractivity contribution in [1.82, 2.24) is 0 Å². The zero-order chi connectivity index (χ0) is 34.1. The number of hydrogen-bond donors (Lipinski definition) is 0. The summed E-state index contributed by atoms with van der Waals surface area (Å²) in [5, 5.41) is 6.53. The molecule has 0 N–H and O–H groups in total. The first-order valence-electron chi connectivity index (χ1n) is 17.5. The highest BCUT2D eigenvalue weighted by Gasteiger charge is 2.22. The lowest BCUT2D eigenvalue weighted by atomic mass is 9.83. The van der Waals surface area contributed by atoms with Crippen LogP contribution < -0.4 is 0 Å². The lowest BCUT2D eigenvalue weighted by Crippen LogP contribution is -1.93. The molecule has 0 aliphatic rings. The molecule has 0 spiro atoms. The first-order chi connectivity index (χ1) is 24.4. The quantitative estimate of drug-likeness (QED) is 0.190. The average Bonchev–Trinajstić information content (AvgIpc) is 3.54. The maximum Gasteiger partial charge on any atom is 0.143 e. The van der Waals surface area contributed by atoms with Gasteiger partial charge in [-0.25, -0.2) is 0 Å². The molecule has 0 saturated heterocycles. The minimum atomic E-state index is -0.395. The van der Waals surface area contributed by atoms with E-state index in [1.165, 1.54) is 0 Å². The Labute approximate surface area is 268 Å². The van der Waals surface area contributed by atoms with Gasteiger partial charge in [0.1, 0.15) is 11.2 Å². The van der Waals surface area contributed by atoms with E-state index in [-0.39, 0.29) is 29.7 Å². The molecule has 8 aromatic carbocycles. The Morgan fingerprint density at radius 2 is 0.889 bits per heavy atom. The maximum absolute atomic E-state index is 8.49. The zero-order valence-corrected chi connectivity index (χ0v) is 24.2. The second kappa shape index (κ2) is 10.4. The predicted octanol–water partition coefficient (Wildman–Crippen LogP) is 12.6. The van der Waals surface area contributed by atoms with E-state index in [1.54, 1.807) is 0 Å². The lowest BCUT2D eigenvalue weighted by Gasteiger charge is -2.20. The van der Waals surface area contributed by atoms with Gasteiger partial charge in [-0.15, -0.1) is 0 Å². The van der Waals surface area contributed by atoms with Crippen molar-refractivity contribution in [2.75, 3.05) is 0 Å². The molecule has 0 bridgehead atoms. The van der Waals surface area contributed by atoms with Crippen LogP contribution in [0.1, 0.15) is 6.85 Å². The molecule has 0 saturated carbocycles. The molecule has 0 aliphatic carbocycles. The van der Waals surface area contributed by atoms with Crippen LogP contribution in [0.3, 0.4) is 0 Å². The first-order valence-corrected chi connectivity index (χ1v) is 15.0. The summed E-state index contributed by atoms with van der Waals surface area (Å²) in [5.41, 5.74) is 8.84. The summed E-state index contributed by atoms with van der Waals surface area (Å²) in [5.74, 6) is 0. The van der Waals surface area contributed by atoms with Gasteiger partial charge in [0.15, 0.2) is 0 Å². The van der Waals surface area contributed by atoms with Crippen LogP contribution >= 0.6 is 0 Å². The molecule has 1 heteroatoms. The molecular weight excluding hydrogens is 544 g/mol. The van der Waals surface area contributed by atoms with Crippen molar-refractivity contribution >= 4 is 43.5 Å². The van der Waals surface area contributed by atoms with E-state index in [0.29, 0.717) is 5.56 Å². The fraction of sp³-hybridized carbons (Fsp3) is 0. The van der Waals surface area contributed by atoms with Crippen LogP contribution in [0.4, 0.5) is 0 Å². The second-order valence-electron chi connectivity index (χ2n) is 11.2. The minimum Gasteiger partial charge on any atom is -0.455 e. The van der Waals surface area contributed by atoms with Crippen molar-refractivity contribution in [3.05, 3.63) is 170 Å². The molecule has 1 nitrogen and oxygen atoms in total. The van der Waals surface area contributed by atoms with Gasteiger partial charge in [0.05, 0.1) is 6.85 Å². The fourth-order valence-electron chi connectivity index (χ4n) is 6.82. The van der Waals surface area contributed by atoms with Crippen LogP contribution in [0.2, 0.25) is 0 Å². The Morgan fingerprint density at radius 1 is 0.356 bits per heavy atom. The Bertz CT molecular complexity index is 2720. The number of fused-ring (bicyclic) bond motifs is 5. The van der Waals surface area contributed by atoms with Crippen molar-refractivity contribution in [3.63, 3.8) is 0 Å². The Hall–Kier alpha value is -5.92. The van der Waals surface area contributed by atoms with E-state index in [9.17, 15) is 0 Å². The van der Waals surface area contributed by atoms with Gasteiger partial charge in [0.25, 0.3) is 0 Å². The summed E-state index contributed by atoms with van der Waals surface area (Å²) >= 11 is 0. The van der Waals surface area contributed by atoms with E-state index in [1.807, 2.05) is 48.5 Å². The third kappa shape index (κ3) is 4.09. The molecular formula is C44H28O. The van der Waals surface area contributed by atoms with Crippen LogP contribution in [0, 0.1) is 0 Å². The number of furan rings is 1. The summed E-state index contributed by atoms with van der Waals surface area (Å²) < 4.78 is 48.0. The summed E-state index contributed by atoms with van der Waals surface area (Å²) in [6.45, 7) is 0. The van der Waals surface area contributed by atoms with Crippen LogP contribution in [-0.4, -0.2) is 0 Å². The van der Waals surface area contributed by atoms with Gasteiger partial charge in [-0.05, 0) is 72.6 Å². The Balaban J connectivity index is 1.32. The minimum absolute atomic E-state index is 0.196. The molecule has 0 radical (unpaired) electrons. The summed E-state index contributed by atoms with van der Waals surface area (Å²) in [6.07, 6.45) is 0. The molecule has 0 aliphatic heterocycles. The van der Waals surface area contributed by atoms with Gasteiger partial charge in [0.2, 0.25) is 0 Å². The molecule has 0 unspecified atom stereocenters. The van der Waals surface area contributed by atoms with Crippen molar-refractivity contribution in [3.8, 4) is 44.5 Å². The Kier molecular flexibility index (Phi) is 4.81. The third-order valence-corrected chi connectivity index (χ3v) is 8.77. The van der Waals surface area contributed by atoms with E-state index >= 15 is 0 Å². The summed E-state index contributed by atoms with van der Waals surface area (Å²) in [4.78, 5) is 0. The van der Waals surface area contributed by atoms with Crippen LogP contribution in [0.25, 0.3) is 88.0 Å². The maximum atomic E-state index is 8.49. The van der Waals surface area contributed by atoms with Crippen molar-refractivity contribution in [1.29, 1.82) is 0 Å². The van der Waals surface area contributed by atoms with Gasteiger partial charge in [-0.3, -0.25) is 0 Å². The molecule has 0 amide bonds. The fourth-order valence-corrected chi connectivity index (χ4v) is 6.82. The molecule has 9 rings (SSSR count). The van der Waals surface area contributed by atoms with Gasteiger partial charge in [-0.1, -0.05) is 158 Å². The van der Waals surface area contributed by atoms with Crippen LogP contribution in [0.15, 0.2) is 174 Å². The molecule has 0 fully saturated rings. The van der Waals surface area contributed by atoms with E-state index in [2.05, 4.69) is 91.0 Å². The van der Waals surface area contributed by atoms with Crippen molar-refractivity contribution in [2.24, 2.45) is 0 Å². The standard InChI is InChI=1S/C44H28O/c1-3-13-29(14-4-1)30-23-25-32(26-24-30)41-34-18-7-9-20-36(34)43(37-21-10-8-19-35(37)41)39-28-27-38-33-17-11-12-22-40(33)45-44(38)42(39)31-15-5-2-6-16-31/h1-28H/i1D,3D,4D,13D,14D. The van der Waals surface area contributed by atoms with Crippen LogP contribution in [-0.2, 0) is 0 Å². The largest absolute Gasteiger partial charge is 0.455 e. The lowest BCUT2D eigenvalue weighted by molar-refractivity contribution is 0.670. The third-order valence-electron chi connectivity index (χ3n) is 8.77. The van der Waals surface area contributed by atoms with E-state index in [4.69, 9.17) is 11.3 Å². The smallest absolute Gasteiger partial charge is 0.143 e. The average molecular weight is 578 g/mol. The topological polar surface area (TPSA) is 13.1 Å². The van der Waals surface area contributed by atoms with Gasteiger partial charge < -0.3 is 4.42 Å². The van der Waals surface area contributed by atoms with Crippen LogP contribution in [0.5, 0.6) is 0 Å². The highest BCUT2D eigenvalue weighted by Crippen LogP contribution is 2.48. The van der Waals surface area contributed by atoms with Gasteiger partial charge in [0, 0.05) is 16.3 Å². The molecule has 45 heavy (non-hydrogen) atoms. The van der Waals surface area contributed by atoms with Crippen molar-refractivity contribution in [2.45, 2.75) is 0 Å². The van der Waals surface area contributed by atoms with Gasteiger partial charge in [-0.2, -0.15) is 0 Å². The zero-order valence-electron chi connectivity index (χ0n) is 29.2. The van der Waals surface area contributed by atoms with E-state index < -0.39 is 6.04 Å². The first kappa shape index (κ1) is 20.9. The molecule has 9 aromatic rings. The number of benzene rings is 8. The number of hydrogen-bond acceptors (Lipinski definition) is 1. The number of rotatable bonds is 4. The molecule has 1 aromatic heterocycles. The molecule has 1 heterocycles. The van der Waals surface area contributed by atoms with Gasteiger partial charge >= 0.3 is 0 Å². The normalized spacial score (nSPS) is 13.1. The SMILES string of the molecule is [2H]c1c([2H])c([2H])c(-c2ccc(-c3c4ccccc4c(-c4ccc5c(oc6ccccc65)c4-c4ccccc4)c4ccccc34)cc2)c([2H])c1[2H]. The van der Waals surface area contributed by atoms with Crippen molar-refractivity contribution < 1.29 is 11.3 Å². The predicted molar refractivity (Wildman–Crippen MR) is 190 cm³/mol. The highest BCUT2D eigenvalue weighted by molar-refractivity contribution is 6.24. The Morgan fingerprint density at radius 3 is 1.56 bits per heavy atom. The summed E-state index contributed by atoms with van der Waals surface area (Å²) in [7, 11) is 0. The second-order valence-corrected chi connectivity index (χ2v) is 11.2. The highest BCUT2D eigenvalue weighted by atomic mass is 16.3. The molecule has 210 valence electrons.